The number of halogens is 2. The van der Waals surface area contributed by atoms with Gasteiger partial charge in [0.15, 0.2) is 0 Å². The number of benzene rings is 1. The van der Waals surface area contributed by atoms with Gasteiger partial charge in [-0.2, -0.15) is 0 Å². The minimum Gasteiger partial charge on any atom is -0.211 e. The van der Waals surface area contributed by atoms with E-state index in [0.29, 0.717) is 6.42 Å². The van der Waals surface area contributed by atoms with Gasteiger partial charge in [-0.3, -0.25) is 0 Å². The molecule has 0 radical (unpaired) electrons. The van der Waals surface area contributed by atoms with Crippen LogP contribution in [0.25, 0.3) is 0 Å². The molecule has 0 amide bonds. The van der Waals surface area contributed by atoms with E-state index in [0.717, 1.165) is 12.0 Å². The van der Waals surface area contributed by atoms with Crippen LogP contribution in [-0.4, -0.2) is 6.43 Å². The number of hydrogen-bond donors (Lipinski definition) is 0. The maximum Gasteiger partial charge on any atom is 0.238 e. The topological polar surface area (TPSA) is 0 Å². The van der Waals surface area contributed by atoms with Crippen LogP contribution in [0.4, 0.5) is 8.78 Å². The summed E-state index contributed by atoms with van der Waals surface area (Å²) in [5.74, 6) is 0. The molecule has 0 fully saturated rings. The van der Waals surface area contributed by atoms with Gasteiger partial charge in [0.05, 0.1) is 0 Å². The first-order chi connectivity index (χ1) is 5.79. The van der Waals surface area contributed by atoms with E-state index in [2.05, 4.69) is 0 Å². The number of rotatable bonds is 4. The molecule has 2 heteroatoms. The van der Waals surface area contributed by atoms with Gasteiger partial charge in [0.25, 0.3) is 0 Å². The van der Waals surface area contributed by atoms with E-state index in [-0.39, 0.29) is 13.8 Å². The van der Waals surface area contributed by atoms with Gasteiger partial charge in [0, 0.05) is 6.42 Å². The monoisotopic (exact) mass is 186 g/mol. The van der Waals surface area contributed by atoms with Crippen LogP contribution >= 0.6 is 0 Å². The molecule has 0 N–H and O–H groups in total. The fourth-order valence-electron chi connectivity index (χ4n) is 1.11. The summed E-state index contributed by atoms with van der Waals surface area (Å²) in [6.45, 7) is 0. The Labute approximate surface area is 78.6 Å². The van der Waals surface area contributed by atoms with Crippen molar-refractivity contribution in [3.63, 3.8) is 0 Å². The lowest BCUT2D eigenvalue weighted by molar-refractivity contribution is 0.135. The zero-order chi connectivity index (χ0) is 8.81. The molecule has 0 saturated heterocycles. The van der Waals surface area contributed by atoms with Crippen molar-refractivity contribution in [2.75, 3.05) is 0 Å². The molecule has 0 bridgehead atoms. The van der Waals surface area contributed by atoms with E-state index in [1.807, 2.05) is 30.3 Å². The summed E-state index contributed by atoms with van der Waals surface area (Å²) >= 11 is 0. The van der Waals surface area contributed by atoms with Crippen LogP contribution in [0, 0.1) is 0 Å². The highest BCUT2D eigenvalue weighted by molar-refractivity contribution is 5.14. The predicted octanol–water partition coefficient (Wildman–Crippen LogP) is 3.91. The van der Waals surface area contributed by atoms with Crippen LogP contribution in [0.1, 0.15) is 25.8 Å². The van der Waals surface area contributed by atoms with E-state index in [9.17, 15) is 8.78 Å². The van der Waals surface area contributed by atoms with Crippen molar-refractivity contribution in [1.82, 2.24) is 0 Å². The summed E-state index contributed by atoms with van der Waals surface area (Å²) < 4.78 is 23.5. The molecule has 0 heterocycles. The zero-order valence-electron chi connectivity index (χ0n) is 6.84. The van der Waals surface area contributed by atoms with E-state index < -0.39 is 6.43 Å². The van der Waals surface area contributed by atoms with Crippen LogP contribution in [0.3, 0.4) is 0 Å². The third-order valence-corrected chi connectivity index (χ3v) is 1.73. The van der Waals surface area contributed by atoms with Crippen LogP contribution in [0.15, 0.2) is 30.3 Å². The van der Waals surface area contributed by atoms with E-state index >= 15 is 0 Å². The Bertz CT molecular complexity index is 207. The third-order valence-electron chi connectivity index (χ3n) is 1.73. The molecule has 1 aromatic rings. The summed E-state index contributed by atoms with van der Waals surface area (Å²) in [5.41, 5.74) is 1.14. The Morgan fingerprint density at radius 1 is 1.08 bits per heavy atom. The standard InChI is InChI=1S/C10H12F2.CH4/c11-10(12)8-4-7-9-5-2-1-3-6-9;/h1-3,5-6,10H,4,7-8H2;1H4. The van der Waals surface area contributed by atoms with Gasteiger partial charge in [-0.25, -0.2) is 8.78 Å². The van der Waals surface area contributed by atoms with Crippen molar-refractivity contribution in [3.8, 4) is 0 Å². The Kier molecular flexibility index (Phi) is 6.11. The molecule has 0 aromatic heterocycles. The van der Waals surface area contributed by atoms with Crippen LogP contribution < -0.4 is 0 Å². The maximum atomic E-state index is 11.7. The van der Waals surface area contributed by atoms with Crippen molar-refractivity contribution < 1.29 is 8.78 Å². The molecule has 0 nitrogen and oxygen atoms in total. The summed E-state index contributed by atoms with van der Waals surface area (Å²) in [7, 11) is 0. The minimum atomic E-state index is -2.16. The zero-order valence-corrected chi connectivity index (χ0v) is 6.84. The Morgan fingerprint density at radius 2 is 1.69 bits per heavy atom. The molecular formula is C11H16F2. The SMILES string of the molecule is C.FC(F)CCCc1ccccc1. The molecule has 0 aliphatic heterocycles. The van der Waals surface area contributed by atoms with Crippen LogP contribution in [0.5, 0.6) is 0 Å². The number of aryl methyl sites for hydroxylation is 1. The Hall–Kier alpha value is -0.920. The Morgan fingerprint density at radius 3 is 2.23 bits per heavy atom. The van der Waals surface area contributed by atoms with Crippen LogP contribution in [0.2, 0.25) is 0 Å². The molecule has 0 aliphatic rings. The normalized spacial score (nSPS) is 9.77. The molecule has 0 saturated carbocycles. The fraction of sp³-hybridized carbons (Fsp3) is 0.455. The Balaban J connectivity index is 0.00000144. The predicted molar refractivity (Wildman–Crippen MR) is 52.1 cm³/mol. The second-order valence-electron chi connectivity index (χ2n) is 2.77. The average molecular weight is 186 g/mol. The summed E-state index contributed by atoms with van der Waals surface area (Å²) in [6, 6.07) is 9.71. The van der Waals surface area contributed by atoms with Crippen molar-refractivity contribution >= 4 is 0 Å². The van der Waals surface area contributed by atoms with Gasteiger partial charge >= 0.3 is 0 Å². The third kappa shape index (κ3) is 5.34. The second-order valence-corrected chi connectivity index (χ2v) is 2.77. The molecule has 0 aliphatic carbocycles. The molecule has 1 aromatic carbocycles. The van der Waals surface area contributed by atoms with E-state index in [1.54, 1.807) is 0 Å². The number of hydrogen-bond acceptors (Lipinski definition) is 0. The van der Waals surface area contributed by atoms with Crippen molar-refractivity contribution in [3.05, 3.63) is 35.9 Å². The highest BCUT2D eigenvalue weighted by Gasteiger charge is 2.01. The quantitative estimate of drug-likeness (QED) is 0.668. The second kappa shape index (κ2) is 6.58. The molecule has 0 spiro atoms. The van der Waals surface area contributed by atoms with Gasteiger partial charge in [-0.05, 0) is 18.4 Å². The highest BCUT2D eigenvalue weighted by Crippen LogP contribution is 2.08. The lowest BCUT2D eigenvalue weighted by Gasteiger charge is -1.99. The van der Waals surface area contributed by atoms with Gasteiger partial charge in [0.1, 0.15) is 0 Å². The first kappa shape index (κ1) is 12.1. The molecule has 0 unspecified atom stereocenters. The lowest BCUT2D eigenvalue weighted by atomic mass is 10.1. The average Bonchev–Trinajstić information content (AvgIpc) is 2.05. The smallest absolute Gasteiger partial charge is 0.211 e. The summed E-state index contributed by atoms with van der Waals surface area (Å²) in [6.07, 6.45) is -0.824. The molecule has 74 valence electrons. The fourth-order valence-corrected chi connectivity index (χ4v) is 1.11. The lowest BCUT2D eigenvalue weighted by Crippen LogP contribution is -1.92. The van der Waals surface area contributed by atoms with Gasteiger partial charge in [0.2, 0.25) is 6.43 Å². The van der Waals surface area contributed by atoms with Gasteiger partial charge in [-0.15, -0.1) is 0 Å². The minimum absolute atomic E-state index is 0. The van der Waals surface area contributed by atoms with Crippen LogP contribution in [-0.2, 0) is 6.42 Å². The largest absolute Gasteiger partial charge is 0.238 e. The first-order valence-corrected chi connectivity index (χ1v) is 4.11. The maximum absolute atomic E-state index is 11.7. The number of alkyl halides is 2. The molecule has 1 rings (SSSR count). The van der Waals surface area contributed by atoms with E-state index in [1.165, 1.54) is 0 Å². The van der Waals surface area contributed by atoms with Gasteiger partial charge in [-0.1, -0.05) is 37.8 Å². The van der Waals surface area contributed by atoms with Crippen molar-refractivity contribution in [1.29, 1.82) is 0 Å². The van der Waals surface area contributed by atoms with Gasteiger partial charge < -0.3 is 0 Å². The molecule has 0 atom stereocenters. The van der Waals surface area contributed by atoms with Crippen molar-refractivity contribution in [2.24, 2.45) is 0 Å². The molecular weight excluding hydrogens is 170 g/mol. The van der Waals surface area contributed by atoms with E-state index in [4.69, 9.17) is 0 Å². The van der Waals surface area contributed by atoms with Crippen molar-refractivity contribution in [2.45, 2.75) is 33.1 Å². The summed E-state index contributed by atoms with van der Waals surface area (Å²) in [4.78, 5) is 0. The first-order valence-electron chi connectivity index (χ1n) is 4.11. The summed E-state index contributed by atoms with van der Waals surface area (Å²) in [5, 5.41) is 0. The highest BCUT2D eigenvalue weighted by atomic mass is 19.3. The molecule has 13 heavy (non-hydrogen) atoms.